The summed E-state index contributed by atoms with van der Waals surface area (Å²) in [6.07, 6.45) is 2.88. The third kappa shape index (κ3) is 5.37. The molecule has 2 aliphatic rings. The van der Waals surface area contributed by atoms with E-state index in [2.05, 4.69) is 10.0 Å². The van der Waals surface area contributed by atoms with Gasteiger partial charge >= 0.3 is 0 Å². The van der Waals surface area contributed by atoms with Crippen LogP contribution in [0, 0.1) is 12.8 Å². The zero-order valence-corrected chi connectivity index (χ0v) is 19.0. The van der Waals surface area contributed by atoms with E-state index in [0.717, 1.165) is 24.0 Å². The molecule has 0 aromatic heterocycles. The van der Waals surface area contributed by atoms with Crippen molar-refractivity contribution in [3.8, 4) is 0 Å². The standard InChI is InChI=1S/C24H29N3O4S/c1-17-7-10-21(32(30,31)26-20-8-9-20)15-22(17)24(29)27-13-11-19(12-14-27)23(28)25-16-18-5-3-2-4-6-18/h2-7,10,15,19-20,26H,8-9,11-14,16H2,1H3,(H,25,28). The van der Waals surface area contributed by atoms with E-state index >= 15 is 0 Å². The third-order valence-electron chi connectivity index (χ3n) is 6.11. The average molecular weight is 456 g/mol. The number of hydrogen-bond donors (Lipinski definition) is 2. The first-order valence-corrected chi connectivity index (χ1v) is 12.6. The molecule has 0 spiro atoms. The molecular formula is C24H29N3O4S. The fourth-order valence-electron chi connectivity index (χ4n) is 3.93. The monoisotopic (exact) mass is 455 g/mol. The van der Waals surface area contributed by atoms with Crippen molar-refractivity contribution >= 4 is 21.8 Å². The van der Waals surface area contributed by atoms with Crippen molar-refractivity contribution in [1.29, 1.82) is 0 Å². The van der Waals surface area contributed by atoms with Crippen molar-refractivity contribution in [2.45, 2.75) is 50.1 Å². The van der Waals surface area contributed by atoms with E-state index in [1.54, 1.807) is 17.0 Å². The smallest absolute Gasteiger partial charge is 0.254 e. The van der Waals surface area contributed by atoms with Crippen LogP contribution in [0.4, 0.5) is 0 Å². The molecule has 2 amide bonds. The maximum Gasteiger partial charge on any atom is 0.254 e. The molecule has 0 radical (unpaired) electrons. The van der Waals surface area contributed by atoms with Gasteiger partial charge in [0.05, 0.1) is 4.90 Å². The van der Waals surface area contributed by atoms with Gasteiger partial charge in [-0.25, -0.2) is 13.1 Å². The number of amides is 2. The molecule has 1 aliphatic carbocycles. The van der Waals surface area contributed by atoms with Crippen LogP contribution in [-0.4, -0.2) is 44.3 Å². The maximum atomic E-state index is 13.1. The minimum Gasteiger partial charge on any atom is -0.352 e. The van der Waals surface area contributed by atoms with Crippen molar-refractivity contribution in [1.82, 2.24) is 14.9 Å². The highest BCUT2D eigenvalue weighted by Crippen LogP contribution is 2.25. The van der Waals surface area contributed by atoms with Crippen LogP contribution in [0.5, 0.6) is 0 Å². The number of hydrogen-bond acceptors (Lipinski definition) is 4. The number of piperidine rings is 1. The molecule has 1 saturated heterocycles. The number of likely N-dealkylation sites (tertiary alicyclic amines) is 1. The quantitative estimate of drug-likeness (QED) is 0.671. The number of carbonyl (C=O) groups excluding carboxylic acids is 2. The molecule has 0 unspecified atom stereocenters. The number of nitrogens with one attached hydrogen (secondary N) is 2. The Labute approximate surface area is 189 Å². The van der Waals surface area contributed by atoms with Crippen LogP contribution in [0.1, 0.15) is 47.2 Å². The molecule has 1 heterocycles. The van der Waals surface area contributed by atoms with Gasteiger partial charge in [0, 0.05) is 37.2 Å². The first kappa shape index (κ1) is 22.5. The van der Waals surface area contributed by atoms with Crippen LogP contribution < -0.4 is 10.0 Å². The number of nitrogens with zero attached hydrogens (tertiary/aromatic N) is 1. The lowest BCUT2D eigenvalue weighted by Crippen LogP contribution is -2.43. The molecule has 2 N–H and O–H groups in total. The van der Waals surface area contributed by atoms with Gasteiger partial charge in [0.1, 0.15) is 0 Å². The summed E-state index contributed by atoms with van der Waals surface area (Å²) in [5.41, 5.74) is 2.19. The summed E-state index contributed by atoms with van der Waals surface area (Å²) in [7, 11) is -3.62. The van der Waals surface area contributed by atoms with Gasteiger partial charge in [0.2, 0.25) is 15.9 Å². The molecule has 2 aromatic carbocycles. The number of benzene rings is 2. The molecule has 170 valence electrons. The normalized spacial score (nSPS) is 17.2. The van der Waals surface area contributed by atoms with Crippen LogP contribution in [-0.2, 0) is 21.4 Å². The third-order valence-corrected chi connectivity index (χ3v) is 7.63. The lowest BCUT2D eigenvalue weighted by Gasteiger charge is -2.32. The van der Waals surface area contributed by atoms with Crippen LogP contribution >= 0.6 is 0 Å². The van der Waals surface area contributed by atoms with Crippen LogP contribution in [0.3, 0.4) is 0 Å². The minimum atomic E-state index is -3.62. The van der Waals surface area contributed by atoms with Crippen LogP contribution in [0.2, 0.25) is 0 Å². The molecule has 2 fully saturated rings. The maximum absolute atomic E-state index is 13.1. The summed E-state index contributed by atoms with van der Waals surface area (Å²) in [5, 5.41) is 2.98. The lowest BCUT2D eigenvalue weighted by atomic mass is 9.95. The van der Waals surface area contributed by atoms with Gasteiger partial charge in [-0.1, -0.05) is 36.4 Å². The summed E-state index contributed by atoms with van der Waals surface area (Å²) in [6, 6.07) is 14.5. The molecule has 0 atom stereocenters. The first-order valence-electron chi connectivity index (χ1n) is 11.1. The summed E-state index contributed by atoms with van der Waals surface area (Å²) >= 11 is 0. The van der Waals surface area contributed by atoms with E-state index in [1.807, 2.05) is 37.3 Å². The molecule has 7 nitrogen and oxygen atoms in total. The van der Waals surface area contributed by atoms with E-state index in [0.29, 0.717) is 38.0 Å². The zero-order chi connectivity index (χ0) is 22.7. The van der Waals surface area contributed by atoms with Gasteiger partial charge in [-0.05, 0) is 55.9 Å². The Morgan fingerprint density at radius 2 is 1.69 bits per heavy atom. The van der Waals surface area contributed by atoms with Gasteiger partial charge in [-0.3, -0.25) is 9.59 Å². The second-order valence-electron chi connectivity index (χ2n) is 8.64. The van der Waals surface area contributed by atoms with Crippen LogP contribution in [0.15, 0.2) is 53.4 Å². The van der Waals surface area contributed by atoms with Gasteiger partial charge in [0.15, 0.2) is 0 Å². The predicted octanol–water partition coefficient (Wildman–Crippen LogP) is 2.60. The van der Waals surface area contributed by atoms with E-state index in [-0.39, 0.29) is 28.7 Å². The minimum absolute atomic E-state index is 0.00696. The largest absolute Gasteiger partial charge is 0.352 e. The zero-order valence-electron chi connectivity index (χ0n) is 18.2. The van der Waals surface area contributed by atoms with Crippen LogP contribution in [0.25, 0.3) is 0 Å². The molecule has 1 aliphatic heterocycles. The summed E-state index contributed by atoms with van der Waals surface area (Å²) in [6.45, 7) is 3.24. The molecule has 2 aromatic rings. The number of rotatable bonds is 7. The van der Waals surface area contributed by atoms with Crippen molar-refractivity contribution in [2.24, 2.45) is 5.92 Å². The lowest BCUT2D eigenvalue weighted by molar-refractivity contribution is -0.126. The van der Waals surface area contributed by atoms with Crippen molar-refractivity contribution < 1.29 is 18.0 Å². The Hall–Kier alpha value is -2.71. The van der Waals surface area contributed by atoms with Gasteiger partial charge in [-0.15, -0.1) is 0 Å². The van der Waals surface area contributed by atoms with E-state index < -0.39 is 10.0 Å². The highest BCUT2D eigenvalue weighted by atomic mass is 32.2. The molecule has 8 heteroatoms. The van der Waals surface area contributed by atoms with E-state index in [9.17, 15) is 18.0 Å². The SMILES string of the molecule is Cc1ccc(S(=O)(=O)NC2CC2)cc1C(=O)N1CCC(C(=O)NCc2ccccc2)CC1. The van der Waals surface area contributed by atoms with Crippen molar-refractivity contribution in [3.05, 3.63) is 65.2 Å². The number of sulfonamides is 1. The second-order valence-corrected chi connectivity index (χ2v) is 10.4. The fraction of sp³-hybridized carbons (Fsp3) is 0.417. The molecule has 1 saturated carbocycles. The molecular weight excluding hydrogens is 426 g/mol. The Kier molecular flexibility index (Phi) is 6.62. The van der Waals surface area contributed by atoms with Gasteiger partial charge in [0.25, 0.3) is 5.91 Å². The highest BCUT2D eigenvalue weighted by Gasteiger charge is 2.31. The first-order chi connectivity index (χ1) is 15.3. The average Bonchev–Trinajstić information content (AvgIpc) is 3.61. The number of aryl methyl sites for hydroxylation is 1. The summed E-state index contributed by atoms with van der Waals surface area (Å²) in [4.78, 5) is 27.5. The van der Waals surface area contributed by atoms with Crippen molar-refractivity contribution in [3.63, 3.8) is 0 Å². The predicted molar refractivity (Wildman–Crippen MR) is 121 cm³/mol. The number of carbonyl (C=O) groups is 2. The fourth-order valence-corrected chi connectivity index (χ4v) is 5.26. The Bertz CT molecular complexity index is 1090. The highest BCUT2D eigenvalue weighted by molar-refractivity contribution is 7.89. The summed E-state index contributed by atoms with van der Waals surface area (Å²) in [5.74, 6) is -0.302. The van der Waals surface area contributed by atoms with Gasteiger partial charge in [-0.2, -0.15) is 0 Å². The van der Waals surface area contributed by atoms with Crippen molar-refractivity contribution in [2.75, 3.05) is 13.1 Å². The Morgan fingerprint density at radius 3 is 2.34 bits per heavy atom. The molecule has 4 rings (SSSR count). The second kappa shape index (κ2) is 9.42. The molecule has 32 heavy (non-hydrogen) atoms. The Morgan fingerprint density at radius 1 is 1.00 bits per heavy atom. The van der Waals surface area contributed by atoms with Gasteiger partial charge < -0.3 is 10.2 Å². The topological polar surface area (TPSA) is 95.6 Å². The molecule has 0 bridgehead atoms. The van der Waals surface area contributed by atoms with E-state index in [4.69, 9.17) is 0 Å². The van der Waals surface area contributed by atoms with E-state index in [1.165, 1.54) is 6.07 Å². The Balaban J connectivity index is 1.36. The summed E-state index contributed by atoms with van der Waals surface area (Å²) < 4.78 is 27.7.